The largest absolute Gasteiger partial charge is 0.325 e. The number of hydrogen-bond acceptors (Lipinski definition) is 3. The molecular formula is C17H13ClN2O3. The van der Waals surface area contributed by atoms with Crippen LogP contribution in [-0.2, 0) is 4.79 Å². The summed E-state index contributed by atoms with van der Waals surface area (Å²) in [4.78, 5) is 37.6. The fourth-order valence-corrected chi connectivity index (χ4v) is 2.54. The van der Waals surface area contributed by atoms with Crippen LogP contribution in [0.3, 0.4) is 0 Å². The maximum atomic E-state index is 12.4. The minimum absolute atomic E-state index is 0.296. The Bertz CT molecular complexity index is 759. The van der Waals surface area contributed by atoms with Crippen molar-refractivity contribution < 1.29 is 14.4 Å². The van der Waals surface area contributed by atoms with Gasteiger partial charge in [-0.15, -0.1) is 0 Å². The lowest BCUT2D eigenvalue weighted by Crippen LogP contribution is -2.35. The van der Waals surface area contributed by atoms with Crippen molar-refractivity contribution in [1.82, 2.24) is 10.2 Å². The Morgan fingerprint density at radius 1 is 1.04 bits per heavy atom. The van der Waals surface area contributed by atoms with E-state index in [0.29, 0.717) is 16.1 Å². The molecule has 5 nitrogen and oxygen atoms in total. The molecule has 0 aromatic heterocycles. The molecule has 1 heterocycles. The Kier molecular flexibility index (Phi) is 4.12. The summed E-state index contributed by atoms with van der Waals surface area (Å²) in [5.41, 5.74) is 1.09. The van der Waals surface area contributed by atoms with E-state index in [2.05, 4.69) is 5.32 Å². The highest BCUT2D eigenvalue weighted by Gasteiger charge is 2.39. The Morgan fingerprint density at radius 2 is 1.70 bits per heavy atom. The van der Waals surface area contributed by atoms with E-state index in [1.54, 1.807) is 48.5 Å². The van der Waals surface area contributed by atoms with Gasteiger partial charge in [0.2, 0.25) is 0 Å². The molecule has 0 spiro atoms. The van der Waals surface area contributed by atoms with Gasteiger partial charge in [0, 0.05) is 10.6 Å². The van der Waals surface area contributed by atoms with Gasteiger partial charge >= 0.3 is 6.03 Å². The summed E-state index contributed by atoms with van der Waals surface area (Å²) in [6.07, 6.45) is 0. The number of rotatable bonds is 4. The van der Waals surface area contributed by atoms with Gasteiger partial charge in [0.1, 0.15) is 6.04 Å². The summed E-state index contributed by atoms with van der Waals surface area (Å²) in [7, 11) is 0. The second kappa shape index (κ2) is 6.22. The number of carbonyl (C=O) groups excluding carboxylic acids is 3. The van der Waals surface area contributed by atoms with Crippen LogP contribution >= 0.6 is 11.6 Å². The first-order valence-corrected chi connectivity index (χ1v) is 7.39. The molecule has 3 rings (SSSR count). The summed E-state index contributed by atoms with van der Waals surface area (Å²) in [5.74, 6) is -0.748. The minimum Gasteiger partial charge on any atom is -0.322 e. The van der Waals surface area contributed by atoms with Crippen LogP contribution in [0.25, 0.3) is 0 Å². The van der Waals surface area contributed by atoms with Gasteiger partial charge in [0.25, 0.3) is 5.91 Å². The number of urea groups is 1. The SMILES string of the molecule is O=C(CN1C(=O)NC(c2ccccc2)C1=O)c1ccc(Cl)cc1. The number of carbonyl (C=O) groups is 3. The normalized spacial score (nSPS) is 17.3. The van der Waals surface area contributed by atoms with Crippen LogP contribution in [0.4, 0.5) is 4.79 Å². The average molecular weight is 329 g/mol. The van der Waals surface area contributed by atoms with Crippen LogP contribution in [0.15, 0.2) is 54.6 Å². The van der Waals surface area contributed by atoms with Crippen molar-refractivity contribution in [3.05, 3.63) is 70.7 Å². The zero-order chi connectivity index (χ0) is 16.4. The summed E-state index contributed by atoms with van der Waals surface area (Å²) in [5, 5.41) is 3.11. The van der Waals surface area contributed by atoms with Crippen molar-refractivity contribution in [2.45, 2.75) is 6.04 Å². The van der Waals surface area contributed by atoms with E-state index < -0.39 is 18.0 Å². The molecule has 6 heteroatoms. The molecule has 0 bridgehead atoms. The first-order chi connectivity index (χ1) is 11.1. The third-order valence-corrected chi connectivity index (χ3v) is 3.88. The smallest absolute Gasteiger partial charge is 0.322 e. The fraction of sp³-hybridized carbons (Fsp3) is 0.118. The van der Waals surface area contributed by atoms with E-state index in [0.717, 1.165) is 4.90 Å². The van der Waals surface area contributed by atoms with Crippen molar-refractivity contribution >= 4 is 29.3 Å². The Balaban J connectivity index is 1.76. The van der Waals surface area contributed by atoms with E-state index in [1.807, 2.05) is 6.07 Å². The van der Waals surface area contributed by atoms with Gasteiger partial charge in [-0.25, -0.2) is 4.79 Å². The molecule has 2 aromatic rings. The highest BCUT2D eigenvalue weighted by molar-refractivity contribution is 6.30. The van der Waals surface area contributed by atoms with Gasteiger partial charge in [0.05, 0.1) is 6.54 Å². The fourth-order valence-electron chi connectivity index (χ4n) is 2.41. The van der Waals surface area contributed by atoms with Crippen molar-refractivity contribution in [2.24, 2.45) is 0 Å². The van der Waals surface area contributed by atoms with Gasteiger partial charge < -0.3 is 5.32 Å². The standard InChI is InChI=1S/C17H13ClN2O3/c18-13-8-6-11(7-9-13)14(21)10-20-16(22)15(19-17(20)23)12-4-2-1-3-5-12/h1-9,15H,10H2,(H,19,23). The molecular weight excluding hydrogens is 316 g/mol. The van der Waals surface area contributed by atoms with Crippen LogP contribution < -0.4 is 5.32 Å². The number of nitrogens with one attached hydrogen (secondary N) is 1. The molecule has 1 aliphatic rings. The maximum absolute atomic E-state index is 12.4. The zero-order valence-electron chi connectivity index (χ0n) is 12.0. The molecule has 116 valence electrons. The summed E-state index contributed by atoms with van der Waals surface area (Å²) >= 11 is 5.78. The third-order valence-electron chi connectivity index (χ3n) is 3.63. The summed E-state index contributed by atoms with van der Waals surface area (Å²) in [6.45, 7) is -0.296. The molecule has 1 unspecified atom stereocenters. The highest BCUT2D eigenvalue weighted by atomic mass is 35.5. The molecule has 1 aliphatic heterocycles. The van der Waals surface area contributed by atoms with E-state index in [1.165, 1.54) is 0 Å². The number of nitrogens with zero attached hydrogens (tertiary/aromatic N) is 1. The Morgan fingerprint density at radius 3 is 2.35 bits per heavy atom. The highest BCUT2D eigenvalue weighted by Crippen LogP contribution is 2.22. The van der Waals surface area contributed by atoms with Gasteiger partial charge in [-0.2, -0.15) is 0 Å². The molecule has 3 amide bonds. The molecule has 1 saturated heterocycles. The van der Waals surface area contributed by atoms with Crippen LogP contribution in [0.1, 0.15) is 22.0 Å². The monoisotopic (exact) mass is 328 g/mol. The van der Waals surface area contributed by atoms with E-state index in [4.69, 9.17) is 11.6 Å². The lowest BCUT2D eigenvalue weighted by atomic mass is 10.1. The summed E-state index contributed by atoms with van der Waals surface area (Å²) in [6, 6.07) is 13.9. The number of halogens is 1. The van der Waals surface area contributed by atoms with E-state index in [9.17, 15) is 14.4 Å². The van der Waals surface area contributed by atoms with Crippen LogP contribution in [0.2, 0.25) is 5.02 Å². The number of benzene rings is 2. The first kappa shape index (κ1) is 15.2. The van der Waals surface area contributed by atoms with Crippen LogP contribution in [-0.4, -0.2) is 29.2 Å². The second-order valence-corrected chi connectivity index (χ2v) is 5.58. The molecule has 1 fully saturated rings. The molecule has 0 radical (unpaired) electrons. The third kappa shape index (κ3) is 3.10. The predicted octanol–water partition coefficient (Wildman–Crippen LogP) is 2.82. The van der Waals surface area contributed by atoms with E-state index >= 15 is 0 Å². The molecule has 0 saturated carbocycles. The molecule has 2 aromatic carbocycles. The van der Waals surface area contributed by atoms with Gasteiger partial charge in [-0.1, -0.05) is 41.9 Å². The number of amides is 3. The molecule has 1 atom stereocenters. The average Bonchev–Trinajstić information content (AvgIpc) is 2.84. The number of hydrogen-bond donors (Lipinski definition) is 1. The number of imide groups is 1. The van der Waals surface area contributed by atoms with Crippen molar-refractivity contribution in [1.29, 1.82) is 0 Å². The lowest BCUT2D eigenvalue weighted by Gasteiger charge is -2.12. The van der Waals surface area contributed by atoms with Gasteiger partial charge in [-0.05, 0) is 29.8 Å². The summed E-state index contributed by atoms with van der Waals surface area (Å²) < 4.78 is 0. The predicted molar refractivity (Wildman–Crippen MR) is 85.2 cm³/mol. The van der Waals surface area contributed by atoms with E-state index in [-0.39, 0.29) is 12.3 Å². The maximum Gasteiger partial charge on any atom is 0.325 e. The quantitative estimate of drug-likeness (QED) is 0.693. The number of Topliss-reactive ketones (excluding diaryl/α,β-unsaturated/α-hetero) is 1. The topological polar surface area (TPSA) is 66.5 Å². The molecule has 23 heavy (non-hydrogen) atoms. The Hall–Kier alpha value is -2.66. The zero-order valence-corrected chi connectivity index (χ0v) is 12.8. The van der Waals surface area contributed by atoms with Gasteiger partial charge in [0.15, 0.2) is 5.78 Å². The van der Waals surface area contributed by atoms with Crippen LogP contribution in [0.5, 0.6) is 0 Å². The minimum atomic E-state index is -0.748. The molecule has 1 N–H and O–H groups in total. The second-order valence-electron chi connectivity index (χ2n) is 5.15. The van der Waals surface area contributed by atoms with Crippen LogP contribution in [0, 0.1) is 0 Å². The van der Waals surface area contributed by atoms with Gasteiger partial charge in [-0.3, -0.25) is 14.5 Å². The van der Waals surface area contributed by atoms with Crippen molar-refractivity contribution in [2.75, 3.05) is 6.54 Å². The molecule has 0 aliphatic carbocycles. The first-order valence-electron chi connectivity index (χ1n) is 7.02. The van der Waals surface area contributed by atoms with Crippen molar-refractivity contribution in [3.63, 3.8) is 0 Å². The number of ketones is 1. The lowest BCUT2D eigenvalue weighted by molar-refractivity contribution is -0.127. The van der Waals surface area contributed by atoms with Crippen molar-refractivity contribution in [3.8, 4) is 0 Å². The Labute approximate surface area is 137 Å².